The maximum absolute atomic E-state index is 11.8. The fraction of sp³-hybridized carbons (Fsp3) is 0.917. The van der Waals surface area contributed by atoms with E-state index in [0.717, 1.165) is 25.9 Å². The number of hydrogen-bond acceptors (Lipinski definition) is 2. The molecule has 1 fully saturated rings. The van der Waals surface area contributed by atoms with E-state index in [2.05, 4.69) is 10.6 Å². The van der Waals surface area contributed by atoms with Gasteiger partial charge in [0.1, 0.15) is 0 Å². The highest BCUT2D eigenvalue weighted by Crippen LogP contribution is 2.22. The molecule has 3 heteroatoms. The van der Waals surface area contributed by atoms with Gasteiger partial charge in [0.05, 0.1) is 0 Å². The molecule has 0 atom stereocenters. The minimum absolute atomic E-state index is 0.271. The van der Waals surface area contributed by atoms with Gasteiger partial charge in [0, 0.05) is 19.0 Å². The summed E-state index contributed by atoms with van der Waals surface area (Å²) in [5.74, 6) is 0.550. The second-order valence-electron chi connectivity index (χ2n) is 4.44. The Morgan fingerprint density at radius 2 is 1.67 bits per heavy atom. The molecule has 3 nitrogen and oxygen atoms in total. The van der Waals surface area contributed by atoms with Gasteiger partial charge >= 0.3 is 0 Å². The van der Waals surface area contributed by atoms with Crippen LogP contribution in [0.15, 0.2) is 0 Å². The quantitative estimate of drug-likeness (QED) is 0.696. The van der Waals surface area contributed by atoms with E-state index in [1.807, 2.05) is 7.05 Å². The molecule has 88 valence electrons. The topological polar surface area (TPSA) is 41.1 Å². The van der Waals surface area contributed by atoms with Crippen molar-refractivity contribution in [2.75, 3.05) is 20.1 Å². The number of carbonyl (C=O) groups is 1. The van der Waals surface area contributed by atoms with Crippen LogP contribution in [0.2, 0.25) is 0 Å². The van der Waals surface area contributed by atoms with Crippen LogP contribution < -0.4 is 10.6 Å². The Kier molecular flexibility index (Phi) is 6.41. The summed E-state index contributed by atoms with van der Waals surface area (Å²) in [5, 5.41) is 6.03. The molecule has 2 N–H and O–H groups in total. The second kappa shape index (κ2) is 7.69. The summed E-state index contributed by atoms with van der Waals surface area (Å²) in [6.07, 6.45) is 8.60. The highest BCUT2D eigenvalue weighted by Gasteiger charge is 2.18. The van der Waals surface area contributed by atoms with Crippen LogP contribution in [0.4, 0.5) is 0 Å². The highest BCUT2D eigenvalue weighted by atomic mass is 16.1. The smallest absolute Gasteiger partial charge is 0.223 e. The van der Waals surface area contributed by atoms with Gasteiger partial charge in [-0.1, -0.05) is 32.1 Å². The van der Waals surface area contributed by atoms with Gasteiger partial charge in [-0.15, -0.1) is 0 Å². The molecule has 15 heavy (non-hydrogen) atoms. The monoisotopic (exact) mass is 212 g/mol. The number of likely N-dealkylation sites (N-methyl/N-ethyl adjacent to an activating group) is 1. The zero-order chi connectivity index (χ0) is 10.9. The van der Waals surface area contributed by atoms with Crippen molar-refractivity contribution in [2.24, 2.45) is 5.92 Å². The second-order valence-corrected chi connectivity index (χ2v) is 4.44. The molecule has 1 rings (SSSR count). The molecule has 0 aromatic rings. The molecule has 0 aromatic heterocycles. The third-order valence-corrected chi connectivity index (χ3v) is 3.15. The van der Waals surface area contributed by atoms with Crippen molar-refractivity contribution in [2.45, 2.75) is 44.9 Å². The zero-order valence-corrected chi connectivity index (χ0v) is 9.85. The number of nitrogens with one attached hydrogen (secondary N) is 2. The first-order valence-corrected chi connectivity index (χ1v) is 6.27. The molecule has 0 saturated heterocycles. The summed E-state index contributed by atoms with van der Waals surface area (Å²) in [4.78, 5) is 11.8. The van der Waals surface area contributed by atoms with Crippen LogP contribution in [0.3, 0.4) is 0 Å². The number of amides is 1. The largest absolute Gasteiger partial charge is 0.355 e. The van der Waals surface area contributed by atoms with E-state index in [9.17, 15) is 4.79 Å². The average Bonchev–Trinajstić information content (AvgIpc) is 2.17. The molecule has 0 radical (unpaired) electrons. The minimum atomic E-state index is 0.271. The Morgan fingerprint density at radius 3 is 2.27 bits per heavy atom. The van der Waals surface area contributed by atoms with E-state index in [1.54, 1.807) is 0 Å². The lowest BCUT2D eigenvalue weighted by molar-refractivity contribution is -0.125. The first-order valence-electron chi connectivity index (χ1n) is 6.27. The highest BCUT2D eigenvalue weighted by molar-refractivity contribution is 5.78. The lowest BCUT2D eigenvalue weighted by Crippen LogP contribution is -2.35. The van der Waals surface area contributed by atoms with E-state index >= 15 is 0 Å². The van der Waals surface area contributed by atoms with E-state index in [1.165, 1.54) is 32.1 Å². The molecule has 0 spiro atoms. The molecule has 1 saturated carbocycles. The normalized spacial score (nSPS) is 19.3. The van der Waals surface area contributed by atoms with Gasteiger partial charge in [-0.3, -0.25) is 4.79 Å². The number of hydrogen-bond donors (Lipinski definition) is 2. The molecule has 1 aliphatic rings. The maximum Gasteiger partial charge on any atom is 0.223 e. The summed E-state index contributed by atoms with van der Waals surface area (Å²) in [5.41, 5.74) is 0. The lowest BCUT2D eigenvalue weighted by Gasteiger charge is -2.18. The van der Waals surface area contributed by atoms with Crippen LogP contribution in [0, 0.1) is 5.92 Å². The van der Waals surface area contributed by atoms with E-state index in [-0.39, 0.29) is 11.8 Å². The maximum atomic E-state index is 11.8. The van der Waals surface area contributed by atoms with Crippen LogP contribution in [0.5, 0.6) is 0 Å². The van der Waals surface area contributed by atoms with Gasteiger partial charge in [0.2, 0.25) is 5.91 Å². The van der Waals surface area contributed by atoms with Crippen molar-refractivity contribution in [3.05, 3.63) is 0 Å². The number of carbonyl (C=O) groups excluding carboxylic acids is 1. The third-order valence-electron chi connectivity index (χ3n) is 3.15. The summed E-state index contributed by atoms with van der Waals surface area (Å²) in [6.45, 7) is 1.62. The molecule has 0 aromatic carbocycles. The predicted molar refractivity (Wildman–Crippen MR) is 62.7 cm³/mol. The van der Waals surface area contributed by atoms with Crippen LogP contribution >= 0.6 is 0 Å². The van der Waals surface area contributed by atoms with Crippen LogP contribution in [-0.2, 0) is 4.79 Å². The first-order chi connectivity index (χ1) is 7.34. The third kappa shape index (κ3) is 5.17. The molecule has 0 heterocycles. The van der Waals surface area contributed by atoms with Gasteiger partial charge in [-0.05, 0) is 19.9 Å². The number of rotatable bonds is 4. The minimum Gasteiger partial charge on any atom is -0.355 e. The summed E-state index contributed by atoms with van der Waals surface area (Å²) >= 11 is 0. The van der Waals surface area contributed by atoms with Gasteiger partial charge < -0.3 is 10.6 Å². The molecular weight excluding hydrogens is 188 g/mol. The average molecular weight is 212 g/mol. The van der Waals surface area contributed by atoms with E-state index in [4.69, 9.17) is 0 Å². The van der Waals surface area contributed by atoms with Crippen LogP contribution in [0.25, 0.3) is 0 Å². The molecule has 1 aliphatic carbocycles. The van der Waals surface area contributed by atoms with Gasteiger partial charge in [0.15, 0.2) is 0 Å². The van der Waals surface area contributed by atoms with Gasteiger partial charge in [-0.25, -0.2) is 0 Å². The standard InChI is InChI=1S/C12H24N2O/c1-13-9-10-14-12(15)11-7-5-3-2-4-6-8-11/h11,13H,2-10H2,1H3,(H,14,15). The summed E-state index contributed by atoms with van der Waals surface area (Å²) in [7, 11) is 1.90. The van der Waals surface area contributed by atoms with E-state index in [0.29, 0.717) is 0 Å². The van der Waals surface area contributed by atoms with E-state index < -0.39 is 0 Å². The Bertz CT molecular complexity index is 174. The van der Waals surface area contributed by atoms with Crippen molar-refractivity contribution in [1.82, 2.24) is 10.6 Å². The molecule has 1 amide bonds. The fourth-order valence-corrected chi connectivity index (χ4v) is 2.17. The summed E-state index contributed by atoms with van der Waals surface area (Å²) in [6, 6.07) is 0. The summed E-state index contributed by atoms with van der Waals surface area (Å²) < 4.78 is 0. The Balaban J connectivity index is 2.22. The Morgan fingerprint density at radius 1 is 1.07 bits per heavy atom. The van der Waals surface area contributed by atoms with Gasteiger partial charge in [-0.2, -0.15) is 0 Å². The van der Waals surface area contributed by atoms with Crippen LogP contribution in [0.1, 0.15) is 44.9 Å². The van der Waals surface area contributed by atoms with Crippen LogP contribution in [-0.4, -0.2) is 26.0 Å². The first kappa shape index (κ1) is 12.5. The van der Waals surface area contributed by atoms with Crippen molar-refractivity contribution >= 4 is 5.91 Å². The Hall–Kier alpha value is -0.570. The molecule has 0 bridgehead atoms. The lowest BCUT2D eigenvalue weighted by atomic mass is 9.90. The van der Waals surface area contributed by atoms with Gasteiger partial charge in [0.25, 0.3) is 0 Å². The zero-order valence-electron chi connectivity index (χ0n) is 9.85. The molecule has 0 unspecified atom stereocenters. The Labute approximate surface area is 93.0 Å². The SMILES string of the molecule is CNCCNC(=O)C1CCCCCCC1. The van der Waals surface area contributed by atoms with Crippen molar-refractivity contribution in [1.29, 1.82) is 0 Å². The predicted octanol–water partition coefficient (Wildman–Crippen LogP) is 1.68. The van der Waals surface area contributed by atoms with Crippen molar-refractivity contribution in [3.63, 3.8) is 0 Å². The molecular formula is C12H24N2O. The van der Waals surface area contributed by atoms with Crippen molar-refractivity contribution in [3.8, 4) is 0 Å². The van der Waals surface area contributed by atoms with Crippen molar-refractivity contribution < 1.29 is 4.79 Å². The fourth-order valence-electron chi connectivity index (χ4n) is 2.17. The molecule has 0 aliphatic heterocycles.